The van der Waals surface area contributed by atoms with Crippen molar-refractivity contribution in [2.45, 2.75) is 25.3 Å². The molecule has 9 nitrogen and oxygen atoms in total. The Bertz CT molecular complexity index is 665. The summed E-state index contributed by atoms with van der Waals surface area (Å²) in [6.07, 6.45) is 3.44. The number of guanidine groups is 2. The van der Waals surface area contributed by atoms with Gasteiger partial charge in [-0.25, -0.2) is 10.0 Å². The van der Waals surface area contributed by atoms with E-state index in [1.54, 1.807) is 0 Å². The molecule has 28 heavy (non-hydrogen) atoms. The molecule has 4 heterocycles. The quantitative estimate of drug-likeness (QED) is 0.619. The van der Waals surface area contributed by atoms with Crippen LogP contribution in [0.3, 0.4) is 0 Å². The van der Waals surface area contributed by atoms with Crippen molar-refractivity contribution < 1.29 is 9.47 Å². The lowest BCUT2D eigenvalue weighted by atomic mass is 10.2. The van der Waals surface area contributed by atoms with E-state index in [0.717, 1.165) is 97.0 Å². The topological polar surface area (TPSA) is 77.0 Å². The number of hydrogen-bond donors (Lipinski definition) is 2. The van der Waals surface area contributed by atoms with Gasteiger partial charge in [0, 0.05) is 32.2 Å². The first-order valence-corrected chi connectivity index (χ1v) is 10.7. The monoisotopic (exact) mass is 389 g/mol. The molecule has 0 aromatic heterocycles. The predicted molar refractivity (Wildman–Crippen MR) is 107 cm³/mol. The van der Waals surface area contributed by atoms with Crippen LogP contribution in [0.25, 0.3) is 0 Å². The fraction of sp³-hybridized carbons (Fsp3) is 0.789. The third kappa shape index (κ3) is 3.89. The van der Waals surface area contributed by atoms with Gasteiger partial charge in [0.05, 0.1) is 38.7 Å². The molecule has 0 bridgehead atoms. The Morgan fingerprint density at radius 1 is 1.04 bits per heavy atom. The number of ether oxygens (including phenoxy) is 2. The Morgan fingerprint density at radius 2 is 1.82 bits per heavy atom. The Kier molecular flexibility index (Phi) is 5.48. The molecule has 5 aliphatic rings. The van der Waals surface area contributed by atoms with Crippen molar-refractivity contribution in [2.75, 3.05) is 72.2 Å². The number of morpholine rings is 2. The van der Waals surface area contributed by atoms with Crippen molar-refractivity contribution in [3.63, 3.8) is 0 Å². The van der Waals surface area contributed by atoms with Crippen molar-refractivity contribution in [3.8, 4) is 0 Å². The zero-order valence-corrected chi connectivity index (χ0v) is 16.5. The van der Waals surface area contributed by atoms with Gasteiger partial charge in [0.15, 0.2) is 0 Å². The van der Waals surface area contributed by atoms with E-state index in [1.807, 2.05) is 0 Å². The number of nitrogens with zero attached hydrogens (tertiary/aromatic N) is 5. The lowest BCUT2D eigenvalue weighted by Crippen LogP contribution is -2.50. The highest BCUT2D eigenvalue weighted by atomic mass is 16.5. The zero-order valence-electron chi connectivity index (χ0n) is 16.5. The number of rotatable bonds is 5. The van der Waals surface area contributed by atoms with Crippen LogP contribution in [-0.4, -0.2) is 105 Å². The van der Waals surface area contributed by atoms with E-state index < -0.39 is 0 Å². The number of nitrogens with one attached hydrogen (secondary N) is 2. The Morgan fingerprint density at radius 3 is 2.64 bits per heavy atom. The summed E-state index contributed by atoms with van der Waals surface area (Å²) in [6.45, 7) is 10.2. The van der Waals surface area contributed by atoms with Crippen LogP contribution in [0.5, 0.6) is 0 Å². The third-order valence-electron chi connectivity index (χ3n) is 6.13. The fourth-order valence-electron chi connectivity index (χ4n) is 4.51. The van der Waals surface area contributed by atoms with Gasteiger partial charge < -0.3 is 19.7 Å². The van der Waals surface area contributed by atoms with Crippen LogP contribution >= 0.6 is 0 Å². The molecule has 0 aromatic rings. The van der Waals surface area contributed by atoms with Crippen LogP contribution < -0.4 is 10.7 Å². The van der Waals surface area contributed by atoms with Crippen molar-refractivity contribution in [3.05, 3.63) is 11.3 Å². The highest BCUT2D eigenvalue weighted by Gasteiger charge is 2.35. The molecule has 154 valence electrons. The van der Waals surface area contributed by atoms with Crippen molar-refractivity contribution in [1.82, 2.24) is 25.6 Å². The molecule has 1 atom stereocenters. The normalized spacial score (nSPS) is 28.1. The van der Waals surface area contributed by atoms with E-state index >= 15 is 0 Å². The summed E-state index contributed by atoms with van der Waals surface area (Å²) in [5, 5.41) is 5.83. The molecule has 2 N–H and O–H groups in total. The molecular formula is C19H31N7O2. The lowest BCUT2D eigenvalue weighted by Gasteiger charge is -2.30. The van der Waals surface area contributed by atoms with Gasteiger partial charge in [-0.3, -0.25) is 10.3 Å². The molecule has 0 saturated carbocycles. The van der Waals surface area contributed by atoms with Gasteiger partial charge >= 0.3 is 0 Å². The highest BCUT2D eigenvalue weighted by Crippen LogP contribution is 2.32. The molecule has 9 heteroatoms. The molecule has 5 rings (SSSR count). The van der Waals surface area contributed by atoms with Crippen molar-refractivity contribution in [1.29, 1.82) is 0 Å². The summed E-state index contributed by atoms with van der Waals surface area (Å²) in [5.74, 6) is 1.72. The van der Waals surface area contributed by atoms with Crippen LogP contribution in [0.4, 0.5) is 0 Å². The van der Waals surface area contributed by atoms with Gasteiger partial charge in [0.1, 0.15) is 0 Å². The first kappa shape index (κ1) is 18.4. The third-order valence-corrected chi connectivity index (χ3v) is 6.13. The Hall–Kier alpha value is -1.68. The van der Waals surface area contributed by atoms with E-state index in [-0.39, 0.29) is 0 Å². The Balaban J connectivity index is 1.15. The Labute approximate surface area is 166 Å². The maximum atomic E-state index is 5.44. The lowest BCUT2D eigenvalue weighted by molar-refractivity contribution is 0.0374. The van der Waals surface area contributed by atoms with Gasteiger partial charge in [-0.1, -0.05) is 0 Å². The van der Waals surface area contributed by atoms with Crippen LogP contribution in [-0.2, 0) is 9.47 Å². The van der Waals surface area contributed by atoms with Crippen LogP contribution in [0, 0.1) is 0 Å². The molecule has 0 spiro atoms. The molecule has 1 aliphatic carbocycles. The van der Waals surface area contributed by atoms with Crippen LogP contribution in [0.15, 0.2) is 21.3 Å². The van der Waals surface area contributed by atoms with Gasteiger partial charge in [-0.05, 0) is 37.9 Å². The van der Waals surface area contributed by atoms with Gasteiger partial charge in [0.25, 0.3) is 0 Å². The summed E-state index contributed by atoms with van der Waals surface area (Å²) in [6, 6.07) is 0.372. The molecule has 2 fully saturated rings. The van der Waals surface area contributed by atoms with E-state index in [4.69, 9.17) is 19.5 Å². The summed E-state index contributed by atoms with van der Waals surface area (Å²) in [5.41, 5.74) is 6.10. The minimum absolute atomic E-state index is 0.372. The predicted octanol–water partition coefficient (Wildman–Crippen LogP) is -0.407. The van der Waals surface area contributed by atoms with Gasteiger partial charge in [-0.15, -0.1) is 0 Å². The molecular weight excluding hydrogens is 358 g/mol. The average molecular weight is 390 g/mol. The highest BCUT2D eigenvalue weighted by molar-refractivity contribution is 6.01. The summed E-state index contributed by atoms with van der Waals surface area (Å²) < 4.78 is 10.9. The standard InChI is InChI=1S/C19H31N7O2/c1(5-24-6-10-27-11-7-24)4-20-16-3-2-15-14-26-18(21-17(15)16)22-19(23-26)25-8-12-28-13-9-25/h16,20H,1-14H2,(H,21,22,23). The largest absolute Gasteiger partial charge is 0.379 e. The summed E-state index contributed by atoms with van der Waals surface area (Å²) in [7, 11) is 0. The molecule has 0 amide bonds. The maximum absolute atomic E-state index is 5.44. The first-order chi connectivity index (χ1) is 13.9. The minimum Gasteiger partial charge on any atom is -0.379 e. The zero-order chi connectivity index (χ0) is 18.8. The molecule has 4 aliphatic heterocycles. The van der Waals surface area contributed by atoms with E-state index in [1.165, 1.54) is 17.7 Å². The first-order valence-electron chi connectivity index (χ1n) is 10.7. The van der Waals surface area contributed by atoms with E-state index in [2.05, 4.69) is 25.6 Å². The van der Waals surface area contributed by atoms with Gasteiger partial charge in [-0.2, -0.15) is 4.99 Å². The molecule has 0 aromatic carbocycles. The summed E-state index contributed by atoms with van der Waals surface area (Å²) >= 11 is 0. The van der Waals surface area contributed by atoms with Crippen molar-refractivity contribution in [2.24, 2.45) is 9.98 Å². The van der Waals surface area contributed by atoms with Crippen LogP contribution in [0.1, 0.15) is 19.3 Å². The second-order valence-corrected chi connectivity index (χ2v) is 7.99. The van der Waals surface area contributed by atoms with E-state index in [9.17, 15) is 0 Å². The van der Waals surface area contributed by atoms with Crippen LogP contribution in [0.2, 0.25) is 0 Å². The summed E-state index contributed by atoms with van der Waals surface area (Å²) in [4.78, 5) is 14.4. The minimum atomic E-state index is 0.372. The van der Waals surface area contributed by atoms with Gasteiger partial charge in [0.2, 0.25) is 11.9 Å². The SMILES string of the molecule is C(CNC1CCC2=C1N=C1N=C(N3CCOCC3)NN1C2)CN1CCOCC1. The molecule has 0 radical (unpaired) electrons. The second-order valence-electron chi connectivity index (χ2n) is 7.99. The smallest absolute Gasteiger partial charge is 0.248 e. The number of fused-ring (bicyclic) bond motifs is 1. The average Bonchev–Trinajstić information content (AvgIpc) is 3.34. The molecule has 1 unspecified atom stereocenters. The maximum Gasteiger partial charge on any atom is 0.248 e. The van der Waals surface area contributed by atoms with E-state index in [0.29, 0.717) is 6.04 Å². The second kappa shape index (κ2) is 8.36. The fourth-order valence-corrected chi connectivity index (χ4v) is 4.51. The molecule has 2 saturated heterocycles. The van der Waals surface area contributed by atoms with Crippen molar-refractivity contribution >= 4 is 11.9 Å². The number of hydrogen-bond acceptors (Lipinski definition) is 9. The number of hydrazine groups is 1. The number of aliphatic imine (C=N–C) groups is 2.